The first-order valence-electron chi connectivity index (χ1n) is 5.53. The Morgan fingerprint density at radius 3 is 2.56 bits per heavy atom. The van der Waals surface area contributed by atoms with Crippen molar-refractivity contribution in [2.75, 3.05) is 18.5 Å². The molecule has 0 aromatic heterocycles. The van der Waals surface area contributed by atoms with E-state index in [0.29, 0.717) is 10.7 Å². The van der Waals surface area contributed by atoms with Crippen LogP contribution in [0, 0.1) is 5.82 Å². The molecule has 0 spiro atoms. The van der Waals surface area contributed by atoms with Crippen LogP contribution in [0.4, 0.5) is 10.1 Å². The summed E-state index contributed by atoms with van der Waals surface area (Å²) >= 11 is 5.72. The summed E-state index contributed by atoms with van der Waals surface area (Å²) in [6.45, 7) is 1.05. The zero-order valence-electron chi connectivity index (χ0n) is 9.18. The average molecular weight is 246 g/mol. The van der Waals surface area contributed by atoms with Crippen LogP contribution >= 0.6 is 11.6 Å². The van der Waals surface area contributed by atoms with E-state index in [1.165, 1.54) is 12.1 Å². The minimum absolute atomic E-state index is 0.257. The van der Waals surface area contributed by atoms with Crippen molar-refractivity contribution in [1.29, 1.82) is 0 Å². The number of unbranched alkanes of at least 4 members (excludes halogenated alkanes) is 3. The fourth-order valence-electron chi connectivity index (χ4n) is 1.48. The van der Waals surface area contributed by atoms with E-state index in [9.17, 15) is 4.39 Å². The standard InChI is InChI=1S/C12H17ClFNO/c13-10-7-11(14)9-12(8-10)15-5-3-1-2-4-6-16/h7-9,15-16H,1-6H2. The molecule has 0 unspecified atom stereocenters. The molecule has 2 nitrogen and oxygen atoms in total. The molecule has 1 aromatic rings. The monoisotopic (exact) mass is 245 g/mol. The van der Waals surface area contributed by atoms with E-state index < -0.39 is 0 Å². The molecule has 0 aliphatic heterocycles. The molecular weight excluding hydrogens is 229 g/mol. The molecule has 0 saturated carbocycles. The van der Waals surface area contributed by atoms with E-state index in [2.05, 4.69) is 5.32 Å². The van der Waals surface area contributed by atoms with Crippen LogP contribution in [0.1, 0.15) is 25.7 Å². The van der Waals surface area contributed by atoms with Crippen molar-refractivity contribution in [3.63, 3.8) is 0 Å². The molecule has 4 heteroatoms. The van der Waals surface area contributed by atoms with Crippen molar-refractivity contribution in [2.24, 2.45) is 0 Å². The van der Waals surface area contributed by atoms with Gasteiger partial charge in [0.25, 0.3) is 0 Å². The SMILES string of the molecule is OCCCCCCNc1cc(F)cc(Cl)c1. The number of hydrogen-bond donors (Lipinski definition) is 2. The maximum absolute atomic E-state index is 13.0. The zero-order valence-corrected chi connectivity index (χ0v) is 9.93. The van der Waals surface area contributed by atoms with Crippen molar-refractivity contribution in [1.82, 2.24) is 0 Å². The lowest BCUT2D eigenvalue weighted by molar-refractivity contribution is 0.283. The van der Waals surface area contributed by atoms with Gasteiger partial charge in [0.1, 0.15) is 5.82 Å². The Balaban J connectivity index is 2.21. The van der Waals surface area contributed by atoms with E-state index >= 15 is 0 Å². The number of hydrogen-bond acceptors (Lipinski definition) is 2. The minimum atomic E-state index is -0.324. The van der Waals surface area contributed by atoms with Crippen molar-refractivity contribution < 1.29 is 9.50 Å². The van der Waals surface area contributed by atoms with Crippen molar-refractivity contribution in [3.05, 3.63) is 29.0 Å². The first-order valence-corrected chi connectivity index (χ1v) is 5.91. The summed E-state index contributed by atoms with van der Waals surface area (Å²) in [4.78, 5) is 0. The summed E-state index contributed by atoms with van der Waals surface area (Å²) in [5.41, 5.74) is 0.715. The van der Waals surface area contributed by atoms with E-state index in [4.69, 9.17) is 16.7 Å². The highest BCUT2D eigenvalue weighted by Crippen LogP contribution is 2.18. The van der Waals surface area contributed by atoms with Gasteiger partial charge in [0.15, 0.2) is 0 Å². The van der Waals surface area contributed by atoms with Gasteiger partial charge >= 0.3 is 0 Å². The van der Waals surface area contributed by atoms with Crippen molar-refractivity contribution >= 4 is 17.3 Å². The molecule has 2 N–H and O–H groups in total. The van der Waals surface area contributed by atoms with Crippen LogP contribution in [0.2, 0.25) is 5.02 Å². The number of nitrogens with one attached hydrogen (secondary N) is 1. The molecule has 0 aliphatic carbocycles. The average Bonchev–Trinajstić information content (AvgIpc) is 2.22. The molecular formula is C12H17ClFNO. The Labute approximate surface area is 100 Å². The number of aliphatic hydroxyl groups is 1. The van der Waals surface area contributed by atoms with Crippen LogP contribution in [-0.2, 0) is 0 Å². The van der Waals surface area contributed by atoms with Gasteiger partial charge in [0, 0.05) is 23.9 Å². The molecule has 0 aliphatic rings. The lowest BCUT2D eigenvalue weighted by Crippen LogP contribution is -2.01. The summed E-state index contributed by atoms with van der Waals surface area (Å²) in [6.07, 6.45) is 3.96. The van der Waals surface area contributed by atoms with E-state index in [1.807, 2.05) is 0 Å². The summed E-state index contributed by atoms with van der Waals surface area (Å²) in [6, 6.07) is 4.42. The Hall–Kier alpha value is -0.800. The molecule has 0 heterocycles. The number of halogens is 2. The van der Waals surface area contributed by atoms with Gasteiger partial charge in [-0.25, -0.2) is 4.39 Å². The molecule has 0 bridgehead atoms. The molecule has 0 fully saturated rings. The molecule has 0 saturated heterocycles. The van der Waals surface area contributed by atoms with Crippen molar-refractivity contribution in [2.45, 2.75) is 25.7 Å². The van der Waals surface area contributed by atoms with Crippen LogP contribution in [0.15, 0.2) is 18.2 Å². The zero-order chi connectivity index (χ0) is 11.8. The van der Waals surface area contributed by atoms with Gasteiger partial charge in [-0.15, -0.1) is 0 Å². The summed E-state index contributed by atoms with van der Waals surface area (Å²) in [5.74, 6) is -0.324. The molecule has 90 valence electrons. The smallest absolute Gasteiger partial charge is 0.126 e. The van der Waals surface area contributed by atoms with Gasteiger partial charge in [-0.2, -0.15) is 0 Å². The Morgan fingerprint density at radius 1 is 1.12 bits per heavy atom. The Kier molecular flexibility index (Phi) is 6.19. The highest BCUT2D eigenvalue weighted by Gasteiger charge is 1.98. The molecule has 0 radical (unpaired) electrons. The van der Waals surface area contributed by atoms with Gasteiger partial charge in [-0.1, -0.05) is 24.4 Å². The quantitative estimate of drug-likeness (QED) is 0.722. The number of rotatable bonds is 7. The Bertz CT molecular complexity index is 300. The predicted molar refractivity (Wildman–Crippen MR) is 65.5 cm³/mol. The van der Waals surface area contributed by atoms with E-state index in [0.717, 1.165) is 32.2 Å². The summed E-state index contributed by atoms with van der Waals surface area (Å²) in [5, 5.41) is 12.1. The lowest BCUT2D eigenvalue weighted by Gasteiger charge is -2.06. The van der Waals surface area contributed by atoms with Crippen LogP contribution in [0.25, 0.3) is 0 Å². The maximum Gasteiger partial charge on any atom is 0.126 e. The van der Waals surface area contributed by atoms with Crippen LogP contribution < -0.4 is 5.32 Å². The van der Waals surface area contributed by atoms with Gasteiger partial charge in [0.2, 0.25) is 0 Å². The van der Waals surface area contributed by atoms with Crippen LogP contribution in [0.3, 0.4) is 0 Å². The number of benzene rings is 1. The van der Waals surface area contributed by atoms with Crippen LogP contribution in [-0.4, -0.2) is 18.3 Å². The highest BCUT2D eigenvalue weighted by atomic mass is 35.5. The first kappa shape index (κ1) is 13.3. The maximum atomic E-state index is 13.0. The van der Waals surface area contributed by atoms with Gasteiger partial charge in [0.05, 0.1) is 0 Å². The molecule has 1 aromatic carbocycles. The van der Waals surface area contributed by atoms with Gasteiger partial charge in [-0.3, -0.25) is 0 Å². The second kappa shape index (κ2) is 7.47. The normalized spacial score (nSPS) is 10.4. The number of aliphatic hydroxyl groups excluding tert-OH is 1. The Morgan fingerprint density at radius 2 is 1.88 bits per heavy atom. The van der Waals surface area contributed by atoms with E-state index in [-0.39, 0.29) is 12.4 Å². The predicted octanol–water partition coefficient (Wildman–Crippen LogP) is 3.44. The van der Waals surface area contributed by atoms with Crippen LogP contribution in [0.5, 0.6) is 0 Å². The van der Waals surface area contributed by atoms with Gasteiger partial charge in [-0.05, 0) is 31.0 Å². The third kappa shape index (κ3) is 5.33. The second-order valence-corrected chi connectivity index (χ2v) is 4.16. The second-order valence-electron chi connectivity index (χ2n) is 3.72. The summed E-state index contributed by atoms with van der Waals surface area (Å²) < 4.78 is 13.0. The topological polar surface area (TPSA) is 32.3 Å². The lowest BCUT2D eigenvalue weighted by atomic mass is 10.2. The van der Waals surface area contributed by atoms with Crippen molar-refractivity contribution in [3.8, 4) is 0 Å². The fraction of sp³-hybridized carbons (Fsp3) is 0.500. The summed E-state index contributed by atoms with van der Waals surface area (Å²) in [7, 11) is 0. The number of anilines is 1. The first-order chi connectivity index (χ1) is 7.72. The largest absolute Gasteiger partial charge is 0.396 e. The highest BCUT2D eigenvalue weighted by molar-refractivity contribution is 6.30. The molecule has 0 amide bonds. The van der Waals surface area contributed by atoms with E-state index in [1.54, 1.807) is 6.07 Å². The molecule has 16 heavy (non-hydrogen) atoms. The minimum Gasteiger partial charge on any atom is -0.396 e. The third-order valence-electron chi connectivity index (χ3n) is 2.28. The third-order valence-corrected chi connectivity index (χ3v) is 2.49. The van der Waals surface area contributed by atoms with Gasteiger partial charge < -0.3 is 10.4 Å². The molecule has 1 rings (SSSR count). The fourth-order valence-corrected chi connectivity index (χ4v) is 1.70. The molecule has 0 atom stereocenters.